The van der Waals surface area contributed by atoms with Crippen molar-refractivity contribution >= 4 is 32.7 Å². The summed E-state index contributed by atoms with van der Waals surface area (Å²) in [5, 5.41) is 8.39. The fraction of sp³-hybridized carbons (Fsp3) is 0. The lowest BCUT2D eigenvalue weighted by atomic mass is 10.1. The molecule has 0 bridgehead atoms. The molecule has 0 spiro atoms. The first-order chi connectivity index (χ1) is 16.8. The van der Waals surface area contributed by atoms with Gasteiger partial charge in [0.25, 0.3) is 0 Å². The van der Waals surface area contributed by atoms with Crippen LogP contribution in [0.3, 0.4) is 0 Å². The van der Waals surface area contributed by atoms with Crippen LogP contribution >= 0.6 is 0 Å². The van der Waals surface area contributed by atoms with Crippen molar-refractivity contribution in [2.75, 3.05) is 0 Å². The Morgan fingerprint density at radius 3 is 2.35 bits per heavy atom. The van der Waals surface area contributed by atoms with E-state index in [1.807, 2.05) is 47.3 Å². The standard InChI is InChI=1S/C30H20N4/c1-3-13-28-22(8-1)20-33(32-28)23-15-16-26-25-11-2-4-14-29(25)34(30(26)19-23)24-10-7-9-21(18-24)27-12-5-6-17-31-27/h1-20H. The van der Waals surface area contributed by atoms with Crippen molar-refractivity contribution in [2.45, 2.75) is 0 Å². The molecule has 0 N–H and O–H groups in total. The van der Waals surface area contributed by atoms with Crippen LogP contribution in [0.5, 0.6) is 0 Å². The van der Waals surface area contributed by atoms with Crippen LogP contribution in [0.25, 0.3) is 55.3 Å². The summed E-state index contributed by atoms with van der Waals surface area (Å²) in [5.41, 5.74) is 7.53. The Kier molecular flexibility index (Phi) is 4.11. The Morgan fingerprint density at radius 2 is 1.44 bits per heavy atom. The molecule has 0 atom stereocenters. The molecule has 4 heteroatoms. The average Bonchev–Trinajstić information content (AvgIpc) is 3.48. The lowest BCUT2D eigenvalue weighted by Crippen LogP contribution is -1.97. The van der Waals surface area contributed by atoms with Crippen LogP contribution in [0, 0.1) is 0 Å². The predicted molar refractivity (Wildman–Crippen MR) is 139 cm³/mol. The van der Waals surface area contributed by atoms with E-state index in [0.717, 1.165) is 39.1 Å². The lowest BCUT2D eigenvalue weighted by molar-refractivity contribution is 0.897. The molecule has 7 aromatic rings. The zero-order valence-corrected chi connectivity index (χ0v) is 18.3. The number of fused-ring (bicyclic) bond motifs is 4. The fourth-order valence-electron chi connectivity index (χ4n) is 4.81. The number of rotatable bonds is 3. The van der Waals surface area contributed by atoms with E-state index in [-0.39, 0.29) is 0 Å². The highest BCUT2D eigenvalue weighted by Crippen LogP contribution is 2.34. The van der Waals surface area contributed by atoms with E-state index < -0.39 is 0 Å². The van der Waals surface area contributed by atoms with Gasteiger partial charge in [0, 0.05) is 39.8 Å². The van der Waals surface area contributed by atoms with Crippen LogP contribution in [-0.4, -0.2) is 19.3 Å². The molecule has 0 saturated heterocycles. The Morgan fingerprint density at radius 1 is 0.588 bits per heavy atom. The van der Waals surface area contributed by atoms with E-state index in [2.05, 4.69) is 88.5 Å². The van der Waals surface area contributed by atoms with Crippen molar-refractivity contribution < 1.29 is 0 Å². The van der Waals surface area contributed by atoms with Gasteiger partial charge in [0.1, 0.15) is 0 Å². The average molecular weight is 437 g/mol. The van der Waals surface area contributed by atoms with Crippen LogP contribution in [0.15, 0.2) is 122 Å². The minimum absolute atomic E-state index is 0.967. The number of benzene rings is 4. The second kappa shape index (κ2) is 7.42. The van der Waals surface area contributed by atoms with Gasteiger partial charge in [-0.05, 0) is 48.5 Å². The maximum Gasteiger partial charge on any atom is 0.0927 e. The SMILES string of the molecule is c1ccc(-c2cccc(-n3c4ccccc4c4ccc(-n5cc6ccccc6n5)cc43)c2)nc1. The van der Waals surface area contributed by atoms with Crippen LogP contribution in [0.2, 0.25) is 0 Å². The van der Waals surface area contributed by atoms with Gasteiger partial charge in [0.2, 0.25) is 0 Å². The second-order valence-electron chi connectivity index (χ2n) is 8.45. The summed E-state index contributed by atoms with van der Waals surface area (Å²) in [6, 6.07) is 38.0. The van der Waals surface area contributed by atoms with Crippen LogP contribution < -0.4 is 0 Å². The number of para-hydroxylation sites is 1. The van der Waals surface area contributed by atoms with Crippen molar-refractivity contribution in [3.63, 3.8) is 0 Å². The van der Waals surface area contributed by atoms with Crippen molar-refractivity contribution in [1.29, 1.82) is 0 Å². The minimum Gasteiger partial charge on any atom is -0.309 e. The van der Waals surface area contributed by atoms with Crippen molar-refractivity contribution in [2.24, 2.45) is 0 Å². The highest BCUT2D eigenvalue weighted by atomic mass is 15.3. The highest BCUT2D eigenvalue weighted by Gasteiger charge is 2.14. The Balaban J connectivity index is 1.48. The number of aromatic nitrogens is 4. The molecule has 4 nitrogen and oxygen atoms in total. The molecule has 0 saturated carbocycles. The van der Waals surface area contributed by atoms with E-state index in [1.54, 1.807) is 0 Å². The summed E-state index contributed by atoms with van der Waals surface area (Å²) in [6.07, 6.45) is 3.92. The summed E-state index contributed by atoms with van der Waals surface area (Å²) in [4.78, 5) is 4.55. The summed E-state index contributed by atoms with van der Waals surface area (Å²) in [7, 11) is 0. The first kappa shape index (κ1) is 18.8. The first-order valence-electron chi connectivity index (χ1n) is 11.3. The monoisotopic (exact) mass is 436 g/mol. The Bertz CT molecular complexity index is 1780. The largest absolute Gasteiger partial charge is 0.309 e. The lowest BCUT2D eigenvalue weighted by Gasteiger charge is -2.11. The molecule has 4 aromatic carbocycles. The summed E-state index contributed by atoms with van der Waals surface area (Å²) in [5.74, 6) is 0. The van der Waals surface area contributed by atoms with Gasteiger partial charge in [-0.1, -0.05) is 60.7 Å². The van der Waals surface area contributed by atoms with Gasteiger partial charge < -0.3 is 4.57 Å². The Labute approximate surface area is 196 Å². The quantitative estimate of drug-likeness (QED) is 0.294. The highest BCUT2D eigenvalue weighted by molar-refractivity contribution is 6.09. The molecule has 0 radical (unpaired) electrons. The molecule has 0 aliphatic heterocycles. The molecule has 3 aromatic heterocycles. The number of nitrogens with zero attached hydrogens (tertiary/aromatic N) is 4. The molecular weight excluding hydrogens is 416 g/mol. The summed E-state index contributed by atoms with van der Waals surface area (Å²) < 4.78 is 4.31. The zero-order valence-electron chi connectivity index (χ0n) is 18.3. The van der Waals surface area contributed by atoms with Crippen molar-refractivity contribution in [1.82, 2.24) is 19.3 Å². The molecule has 0 aliphatic rings. The fourth-order valence-corrected chi connectivity index (χ4v) is 4.81. The van der Waals surface area contributed by atoms with Gasteiger partial charge in [-0.3, -0.25) is 4.98 Å². The minimum atomic E-state index is 0.967. The van der Waals surface area contributed by atoms with Crippen LogP contribution in [0.1, 0.15) is 0 Å². The third-order valence-electron chi connectivity index (χ3n) is 6.40. The second-order valence-corrected chi connectivity index (χ2v) is 8.45. The molecule has 160 valence electrons. The molecule has 0 unspecified atom stereocenters. The summed E-state index contributed by atoms with van der Waals surface area (Å²) >= 11 is 0. The van der Waals surface area contributed by atoms with E-state index in [0.29, 0.717) is 0 Å². The van der Waals surface area contributed by atoms with E-state index in [9.17, 15) is 0 Å². The summed E-state index contributed by atoms with van der Waals surface area (Å²) in [6.45, 7) is 0. The topological polar surface area (TPSA) is 35.6 Å². The van der Waals surface area contributed by atoms with Gasteiger partial charge in [0.15, 0.2) is 0 Å². The third kappa shape index (κ3) is 2.93. The molecule has 0 fully saturated rings. The van der Waals surface area contributed by atoms with Gasteiger partial charge >= 0.3 is 0 Å². The maximum absolute atomic E-state index is 4.80. The molecule has 3 heterocycles. The number of hydrogen-bond acceptors (Lipinski definition) is 2. The molecule has 7 rings (SSSR count). The first-order valence-corrected chi connectivity index (χ1v) is 11.3. The van der Waals surface area contributed by atoms with Crippen molar-refractivity contribution in [3.05, 3.63) is 122 Å². The van der Waals surface area contributed by atoms with Crippen LogP contribution in [0.4, 0.5) is 0 Å². The van der Waals surface area contributed by atoms with Crippen molar-refractivity contribution in [3.8, 4) is 22.6 Å². The number of pyridine rings is 1. The van der Waals surface area contributed by atoms with E-state index in [4.69, 9.17) is 5.10 Å². The molecule has 0 aliphatic carbocycles. The maximum atomic E-state index is 4.80. The van der Waals surface area contributed by atoms with Gasteiger partial charge in [-0.2, -0.15) is 5.10 Å². The van der Waals surface area contributed by atoms with Gasteiger partial charge in [-0.25, -0.2) is 4.68 Å². The smallest absolute Gasteiger partial charge is 0.0927 e. The van der Waals surface area contributed by atoms with Gasteiger partial charge in [0.05, 0.1) is 27.9 Å². The van der Waals surface area contributed by atoms with E-state index >= 15 is 0 Å². The third-order valence-corrected chi connectivity index (χ3v) is 6.40. The number of hydrogen-bond donors (Lipinski definition) is 0. The molecular formula is C30H20N4. The van der Waals surface area contributed by atoms with E-state index in [1.165, 1.54) is 16.3 Å². The van der Waals surface area contributed by atoms with Crippen LogP contribution in [-0.2, 0) is 0 Å². The Hall–Kier alpha value is -4.70. The molecule has 0 amide bonds. The zero-order chi connectivity index (χ0) is 22.5. The predicted octanol–water partition coefficient (Wildman–Crippen LogP) is 7.18. The van der Waals surface area contributed by atoms with Gasteiger partial charge in [-0.15, -0.1) is 0 Å². The molecule has 34 heavy (non-hydrogen) atoms. The normalized spacial score (nSPS) is 11.5.